The topological polar surface area (TPSA) is 156 Å². The van der Waals surface area contributed by atoms with Crippen LogP contribution in [0.4, 0.5) is 4.39 Å². The number of alkyl halides is 1. The van der Waals surface area contributed by atoms with Crippen LogP contribution in [-0.4, -0.2) is 95.6 Å². The number of carbonyl (C=O) groups is 4. The summed E-state index contributed by atoms with van der Waals surface area (Å²) >= 11 is 1.22. The fourth-order valence-electron chi connectivity index (χ4n) is 9.32. The molecular weight excluding hydrogens is 821 g/mol. The van der Waals surface area contributed by atoms with E-state index < -0.39 is 37.4 Å². The molecule has 2 N–H and O–H groups in total. The number of nitrogens with zero attached hydrogens (tertiary/aromatic N) is 3. The van der Waals surface area contributed by atoms with E-state index in [1.807, 2.05) is 17.2 Å². The van der Waals surface area contributed by atoms with E-state index in [-0.39, 0.29) is 66.3 Å². The highest BCUT2D eigenvalue weighted by atomic mass is 32.1. The number of nitrogens with one attached hydrogen (secondary N) is 2. The lowest BCUT2D eigenvalue weighted by Gasteiger charge is -2.37. The van der Waals surface area contributed by atoms with E-state index in [0.29, 0.717) is 34.3 Å². The molecule has 3 aliphatic heterocycles. The monoisotopic (exact) mass is 873 g/mol. The van der Waals surface area contributed by atoms with Crippen LogP contribution in [0.15, 0.2) is 79.1 Å². The first-order valence-corrected chi connectivity index (χ1v) is 23.8. The normalized spacial score (nSPS) is 24.0. The standard InChI is InChI=1S/C45H53FN5O8PS/c1-29(44(55)58-22-21-57-2)49-60(56,59-36-12-4-3-5-13-36)40(46)30-14-17-38-33(23-30)24-39(61-38)41(52)48-27-32-9-6-7-11-35-15-16-37(51(35)42(32)53)43(54)50-28-34(25-45(50)18-19-45)31-10-8-20-47-26-31/h3-5,8,10,12-14,17,20,23-24,26,29,32,34-35,37,40H,6-7,9,11,15-16,18-19,21-22,25,27-28H2,1-2H3,(H,48,52)(H,49,56)/t29-,32?,34-,35-,37-,40+,60?/m0/s1. The van der Waals surface area contributed by atoms with Crippen molar-refractivity contribution in [1.29, 1.82) is 0 Å². The van der Waals surface area contributed by atoms with Crippen molar-refractivity contribution >= 4 is 52.6 Å². The van der Waals surface area contributed by atoms with Crippen LogP contribution in [0.1, 0.15) is 97.3 Å². The van der Waals surface area contributed by atoms with E-state index in [9.17, 15) is 23.7 Å². The minimum absolute atomic E-state index is 0.00415. The molecule has 3 saturated heterocycles. The summed E-state index contributed by atoms with van der Waals surface area (Å²) in [5.74, 6) is -3.42. The van der Waals surface area contributed by atoms with Crippen LogP contribution in [-0.2, 0) is 28.4 Å². The number of rotatable bonds is 15. The lowest BCUT2D eigenvalue weighted by molar-refractivity contribution is -0.149. The zero-order chi connectivity index (χ0) is 42.7. The Morgan fingerprint density at radius 2 is 1.82 bits per heavy atom. The molecule has 2 aromatic carbocycles. The summed E-state index contributed by atoms with van der Waals surface area (Å²) in [6.45, 7) is 2.32. The van der Waals surface area contributed by atoms with Gasteiger partial charge in [-0.25, -0.2) is 9.48 Å². The Kier molecular flexibility index (Phi) is 12.9. The van der Waals surface area contributed by atoms with Crippen LogP contribution in [0.3, 0.4) is 0 Å². The van der Waals surface area contributed by atoms with Crippen molar-refractivity contribution in [3.63, 3.8) is 0 Å². The van der Waals surface area contributed by atoms with E-state index in [4.69, 9.17) is 14.0 Å². The summed E-state index contributed by atoms with van der Waals surface area (Å²) in [4.78, 5) is 63.8. The summed E-state index contributed by atoms with van der Waals surface area (Å²) in [6, 6.07) is 16.8. The minimum Gasteiger partial charge on any atom is -0.462 e. The van der Waals surface area contributed by atoms with Gasteiger partial charge in [-0.3, -0.25) is 28.7 Å². The van der Waals surface area contributed by atoms with Gasteiger partial charge in [-0.2, -0.15) is 0 Å². The molecule has 1 aliphatic carbocycles. The van der Waals surface area contributed by atoms with Gasteiger partial charge in [0.1, 0.15) is 24.4 Å². The van der Waals surface area contributed by atoms with E-state index in [1.54, 1.807) is 36.5 Å². The highest BCUT2D eigenvalue weighted by molar-refractivity contribution is 7.57. The summed E-state index contributed by atoms with van der Waals surface area (Å²) in [7, 11) is -3.00. The van der Waals surface area contributed by atoms with E-state index in [1.165, 1.54) is 49.6 Å². The van der Waals surface area contributed by atoms with Gasteiger partial charge < -0.3 is 29.1 Å². The van der Waals surface area contributed by atoms with Crippen molar-refractivity contribution in [1.82, 2.24) is 25.2 Å². The van der Waals surface area contributed by atoms with Gasteiger partial charge in [-0.1, -0.05) is 43.2 Å². The third-order valence-electron chi connectivity index (χ3n) is 12.7. The number of ether oxygens (including phenoxy) is 2. The van der Waals surface area contributed by atoms with Gasteiger partial charge in [-0.15, -0.1) is 11.3 Å². The fourth-order valence-corrected chi connectivity index (χ4v) is 12.2. The summed E-state index contributed by atoms with van der Waals surface area (Å²) in [5, 5.41) is 6.13. The molecule has 13 nitrogen and oxygen atoms in total. The Balaban J connectivity index is 0.941. The quantitative estimate of drug-likeness (QED) is 0.0696. The van der Waals surface area contributed by atoms with Crippen molar-refractivity contribution in [3.05, 3.63) is 95.1 Å². The molecule has 7 atom stereocenters. The van der Waals surface area contributed by atoms with Gasteiger partial charge in [-0.05, 0) is 105 Å². The molecule has 8 rings (SSSR count). The number of amides is 3. The Labute approximate surface area is 359 Å². The van der Waals surface area contributed by atoms with Gasteiger partial charge >= 0.3 is 13.5 Å². The zero-order valence-electron chi connectivity index (χ0n) is 34.5. The first kappa shape index (κ1) is 43.0. The number of methoxy groups -OCH3 is 1. The Morgan fingerprint density at radius 1 is 1.02 bits per heavy atom. The molecule has 5 heterocycles. The predicted octanol–water partition coefficient (Wildman–Crippen LogP) is 7.53. The number of carbonyl (C=O) groups excluding carboxylic acids is 4. The molecule has 4 aliphatic rings. The van der Waals surface area contributed by atoms with Gasteiger partial charge in [0.2, 0.25) is 17.7 Å². The third-order valence-corrected chi connectivity index (χ3v) is 15.9. The largest absolute Gasteiger partial charge is 0.462 e. The average molecular weight is 874 g/mol. The number of esters is 1. The molecule has 4 fully saturated rings. The van der Waals surface area contributed by atoms with Gasteiger partial charge in [0.25, 0.3) is 5.91 Å². The summed E-state index contributed by atoms with van der Waals surface area (Å²) in [6.07, 6.45) is 11.3. The van der Waals surface area contributed by atoms with Crippen molar-refractivity contribution in [2.45, 2.75) is 100 Å². The summed E-state index contributed by atoms with van der Waals surface area (Å²) in [5.41, 5.74) is 1.05. The maximum Gasteiger partial charge on any atom is 0.355 e. The van der Waals surface area contributed by atoms with E-state index in [0.717, 1.165) is 50.5 Å². The number of hydrogen-bond acceptors (Lipinski definition) is 10. The minimum atomic E-state index is -4.46. The Morgan fingerprint density at radius 3 is 2.57 bits per heavy atom. The maximum absolute atomic E-state index is 16.5. The second-order valence-corrected chi connectivity index (χ2v) is 20.0. The fraction of sp³-hybridized carbons (Fsp3) is 0.489. The molecular formula is C45H53FN5O8PS. The second kappa shape index (κ2) is 18.3. The van der Waals surface area contributed by atoms with Crippen molar-refractivity contribution in [3.8, 4) is 5.75 Å². The molecule has 16 heteroatoms. The molecule has 0 bridgehead atoms. The Bertz CT molecular complexity index is 2280. The second-order valence-electron chi connectivity index (χ2n) is 16.8. The smallest absolute Gasteiger partial charge is 0.355 e. The van der Waals surface area contributed by atoms with Gasteiger partial charge in [0, 0.05) is 54.8 Å². The Hall–Kier alpha value is -4.69. The number of aromatic nitrogens is 1. The number of likely N-dealkylation sites (tertiary alicyclic amines) is 1. The van der Waals surface area contributed by atoms with Crippen LogP contribution in [0.2, 0.25) is 0 Å². The summed E-state index contributed by atoms with van der Waals surface area (Å²) < 4.78 is 47.4. The lowest BCUT2D eigenvalue weighted by Crippen LogP contribution is -2.54. The number of pyridine rings is 1. The van der Waals surface area contributed by atoms with E-state index in [2.05, 4.69) is 26.4 Å². The molecule has 4 aromatic rings. The number of halogens is 1. The lowest BCUT2D eigenvalue weighted by atomic mass is 9.94. The number of hydrogen-bond donors (Lipinski definition) is 2. The molecule has 3 amide bonds. The predicted molar refractivity (Wildman–Crippen MR) is 229 cm³/mol. The average Bonchev–Trinajstić information content (AvgIpc) is 3.54. The van der Waals surface area contributed by atoms with Crippen LogP contribution >= 0.6 is 18.9 Å². The van der Waals surface area contributed by atoms with Crippen molar-refractivity contribution < 1.29 is 42.1 Å². The van der Waals surface area contributed by atoms with E-state index >= 15 is 4.39 Å². The maximum atomic E-state index is 16.5. The first-order valence-electron chi connectivity index (χ1n) is 21.3. The van der Waals surface area contributed by atoms with Crippen LogP contribution in [0.25, 0.3) is 10.1 Å². The van der Waals surface area contributed by atoms with Gasteiger partial charge in [0.05, 0.1) is 17.4 Å². The van der Waals surface area contributed by atoms with Gasteiger partial charge in [0.15, 0.2) is 0 Å². The number of benzene rings is 2. The molecule has 2 aromatic heterocycles. The highest BCUT2D eigenvalue weighted by Crippen LogP contribution is 2.58. The van der Waals surface area contributed by atoms with Crippen LogP contribution < -0.4 is 14.9 Å². The molecule has 1 saturated carbocycles. The number of thiophene rings is 1. The molecule has 2 unspecified atom stereocenters. The van der Waals surface area contributed by atoms with Crippen LogP contribution in [0, 0.1) is 5.92 Å². The van der Waals surface area contributed by atoms with Crippen molar-refractivity contribution in [2.24, 2.45) is 5.92 Å². The first-order chi connectivity index (χ1) is 29.5. The molecule has 1 spiro atoms. The number of para-hydroxylation sites is 1. The zero-order valence-corrected chi connectivity index (χ0v) is 36.2. The molecule has 61 heavy (non-hydrogen) atoms. The SMILES string of the molecule is COCCOC(=O)[C@H](C)NP(=O)(Oc1ccccc1)[C@@H](F)c1ccc2sc(C(=O)NCC3CCCC[C@H]4CC[C@@H](C(=O)N5C[C@@H](c6cccnc6)CC56CC6)N4C3=O)cc2c1. The van der Waals surface area contributed by atoms with Crippen LogP contribution in [0.5, 0.6) is 5.75 Å². The molecule has 0 radical (unpaired) electrons. The molecule has 324 valence electrons. The van der Waals surface area contributed by atoms with Crippen molar-refractivity contribution in [2.75, 3.05) is 33.4 Å². The number of fused-ring (bicyclic) bond motifs is 2. The third kappa shape index (κ3) is 9.26. The highest BCUT2D eigenvalue weighted by Gasteiger charge is 2.58.